The smallest absolute Gasteiger partial charge is 0.0701 e. The maximum Gasteiger partial charge on any atom is 0.0701 e. The van der Waals surface area contributed by atoms with Gasteiger partial charge < -0.3 is 5.32 Å². The highest BCUT2D eigenvalue weighted by molar-refractivity contribution is 9.11. The van der Waals surface area contributed by atoms with Crippen LogP contribution in [0.5, 0.6) is 0 Å². The Morgan fingerprint density at radius 2 is 2.05 bits per heavy atom. The zero-order chi connectivity index (χ0) is 13.2. The summed E-state index contributed by atoms with van der Waals surface area (Å²) in [6.45, 7) is 3.12. The number of benzene rings is 1. The lowest BCUT2D eigenvalue weighted by Crippen LogP contribution is -2.21. The van der Waals surface area contributed by atoms with Gasteiger partial charge in [0.2, 0.25) is 0 Å². The van der Waals surface area contributed by atoms with Gasteiger partial charge in [0.1, 0.15) is 0 Å². The van der Waals surface area contributed by atoms with E-state index >= 15 is 0 Å². The molecule has 0 saturated carbocycles. The quantitative estimate of drug-likeness (QED) is 0.661. The summed E-state index contributed by atoms with van der Waals surface area (Å²) in [6.07, 6.45) is 0. The summed E-state index contributed by atoms with van der Waals surface area (Å²) in [7, 11) is 0. The molecule has 3 rings (SSSR count). The summed E-state index contributed by atoms with van der Waals surface area (Å²) in [4.78, 5) is 0. The van der Waals surface area contributed by atoms with Crippen LogP contribution in [-0.2, 0) is 0 Å². The number of halogens is 1. The van der Waals surface area contributed by atoms with Gasteiger partial charge in [0.25, 0.3) is 0 Å². The predicted octanol–water partition coefficient (Wildman–Crippen LogP) is 5.42. The van der Waals surface area contributed by atoms with Gasteiger partial charge in [-0.25, -0.2) is 0 Å². The van der Waals surface area contributed by atoms with E-state index in [9.17, 15) is 0 Å². The normalized spacial score (nSPS) is 12.9. The molecule has 0 aliphatic rings. The Labute approximate surface area is 129 Å². The lowest BCUT2D eigenvalue weighted by Gasteiger charge is -2.16. The molecule has 0 fully saturated rings. The van der Waals surface area contributed by atoms with Crippen LogP contribution in [0.25, 0.3) is 10.1 Å². The SMILES string of the molecule is CCNC(c1csc(Br)c1)c1csc2ccccc12. The molecule has 0 amide bonds. The first-order valence-corrected chi connectivity index (χ1v) is 8.78. The third kappa shape index (κ3) is 2.63. The molecule has 2 heterocycles. The molecule has 0 aliphatic heterocycles. The van der Waals surface area contributed by atoms with E-state index in [1.807, 2.05) is 11.3 Å². The molecule has 0 saturated heterocycles. The number of nitrogens with one attached hydrogen (secondary N) is 1. The molecule has 0 aliphatic carbocycles. The molecule has 0 bridgehead atoms. The maximum atomic E-state index is 3.60. The van der Waals surface area contributed by atoms with E-state index in [1.165, 1.54) is 25.0 Å². The fourth-order valence-corrected chi connectivity index (χ4v) is 4.50. The van der Waals surface area contributed by atoms with Crippen molar-refractivity contribution >= 4 is 48.7 Å². The van der Waals surface area contributed by atoms with Crippen molar-refractivity contribution in [2.45, 2.75) is 13.0 Å². The summed E-state index contributed by atoms with van der Waals surface area (Å²) >= 11 is 7.12. The van der Waals surface area contributed by atoms with E-state index in [-0.39, 0.29) is 6.04 Å². The molecule has 1 nitrogen and oxygen atoms in total. The molecule has 19 heavy (non-hydrogen) atoms. The van der Waals surface area contributed by atoms with Gasteiger partial charge in [0, 0.05) is 4.70 Å². The van der Waals surface area contributed by atoms with Crippen molar-refractivity contribution in [3.05, 3.63) is 56.0 Å². The minimum atomic E-state index is 0.281. The third-order valence-electron chi connectivity index (χ3n) is 3.15. The lowest BCUT2D eigenvalue weighted by molar-refractivity contribution is 0.637. The average Bonchev–Trinajstić information content (AvgIpc) is 3.03. The third-order valence-corrected chi connectivity index (χ3v) is 5.66. The van der Waals surface area contributed by atoms with Gasteiger partial charge in [-0.05, 0) is 61.9 Å². The first kappa shape index (κ1) is 13.3. The highest BCUT2D eigenvalue weighted by Gasteiger charge is 2.18. The second-order valence-electron chi connectivity index (χ2n) is 4.36. The first-order valence-electron chi connectivity index (χ1n) is 6.23. The fourth-order valence-electron chi connectivity index (χ4n) is 2.31. The Kier molecular flexibility index (Phi) is 4.03. The number of hydrogen-bond donors (Lipinski definition) is 1. The van der Waals surface area contributed by atoms with Crippen LogP contribution in [0.3, 0.4) is 0 Å². The number of thiophene rings is 2. The molecule has 0 spiro atoms. The van der Waals surface area contributed by atoms with Gasteiger partial charge in [0.15, 0.2) is 0 Å². The van der Waals surface area contributed by atoms with Crippen LogP contribution >= 0.6 is 38.6 Å². The van der Waals surface area contributed by atoms with Crippen molar-refractivity contribution in [3.8, 4) is 0 Å². The average molecular weight is 352 g/mol. The highest BCUT2D eigenvalue weighted by Crippen LogP contribution is 2.35. The van der Waals surface area contributed by atoms with E-state index in [2.05, 4.69) is 69.3 Å². The van der Waals surface area contributed by atoms with Crippen LogP contribution in [-0.4, -0.2) is 6.54 Å². The van der Waals surface area contributed by atoms with Crippen LogP contribution in [0.15, 0.2) is 44.9 Å². The Bertz CT molecular complexity index is 686. The Morgan fingerprint density at radius 1 is 1.21 bits per heavy atom. The van der Waals surface area contributed by atoms with Crippen molar-refractivity contribution in [1.29, 1.82) is 0 Å². The molecule has 4 heteroatoms. The lowest BCUT2D eigenvalue weighted by atomic mass is 10.0. The van der Waals surface area contributed by atoms with Gasteiger partial charge in [-0.15, -0.1) is 22.7 Å². The summed E-state index contributed by atoms with van der Waals surface area (Å²) < 4.78 is 2.54. The van der Waals surface area contributed by atoms with Gasteiger partial charge >= 0.3 is 0 Å². The maximum absolute atomic E-state index is 3.60. The van der Waals surface area contributed by atoms with Gasteiger partial charge in [-0.3, -0.25) is 0 Å². The van der Waals surface area contributed by atoms with E-state index < -0.39 is 0 Å². The number of rotatable bonds is 4. The summed E-state index contributed by atoms with van der Waals surface area (Å²) in [5, 5.41) is 9.47. The van der Waals surface area contributed by atoms with Gasteiger partial charge in [0.05, 0.1) is 9.83 Å². The van der Waals surface area contributed by atoms with Crippen molar-refractivity contribution in [2.24, 2.45) is 0 Å². The minimum absolute atomic E-state index is 0.281. The molecule has 1 N–H and O–H groups in total. The second-order valence-corrected chi connectivity index (χ2v) is 7.56. The van der Waals surface area contributed by atoms with Crippen LogP contribution in [0.2, 0.25) is 0 Å². The molecular weight excluding hydrogens is 338 g/mol. The summed E-state index contributed by atoms with van der Waals surface area (Å²) in [5.41, 5.74) is 2.72. The Balaban J connectivity index is 2.09. The molecule has 1 unspecified atom stereocenters. The van der Waals surface area contributed by atoms with Crippen LogP contribution in [0.1, 0.15) is 24.1 Å². The summed E-state index contributed by atoms with van der Waals surface area (Å²) in [6, 6.07) is 11.1. The fraction of sp³-hybridized carbons (Fsp3) is 0.200. The molecule has 1 aromatic carbocycles. The topological polar surface area (TPSA) is 12.0 Å². The van der Waals surface area contributed by atoms with Crippen LogP contribution in [0.4, 0.5) is 0 Å². The molecule has 1 atom stereocenters. The predicted molar refractivity (Wildman–Crippen MR) is 89.4 cm³/mol. The monoisotopic (exact) mass is 351 g/mol. The Hall–Kier alpha value is -0.680. The van der Waals surface area contributed by atoms with Crippen molar-refractivity contribution in [1.82, 2.24) is 5.32 Å². The van der Waals surface area contributed by atoms with Crippen LogP contribution < -0.4 is 5.32 Å². The highest BCUT2D eigenvalue weighted by atomic mass is 79.9. The standard InChI is InChI=1S/C15H14BrNS2/c1-2-17-15(10-7-14(16)19-8-10)12-9-18-13-6-4-3-5-11(12)13/h3-9,15,17H,2H2,1H3. The van der Waals surface area contributed by atoms with Crippen LogP contribution in [0, 0.1) is 0 Å². The van der Waals surface area contributed by atoms with Crippen molar-refractivity contribution < 1.29 is 0 Å². The Morgan fingerprint density at radius 3 is 2.79 bits per heavy atom. The largest absolute Gasteiger partial charge is 0.306 e. The van der Waals surface area contributed by atoms with E-state index in [0.717, 1.165) is 6.54 Å². The molecule has 0 radical (unpaired) electrons. The zero-order valence-corrected chi connectivity index (χ0v) is 13.7. The number of hydrogen-bond acceptors (Lipinski definition) is 3. The molecule has 3 aromatic rings. The molecular formula is C15H14BrNS2. The van der Waals surface area contributed by atoms with E-state index in [1.54, 1.807) is 11.3 Å². The molecule has 98 valence electrons. The second kappa shape index (κ2) is 5.75. The number of fused-ring (bicyclic) bond motifs is 1. The molecule has 2 aromatic heterocycles. The summed E-state index contributed by atoms with van der Waals surface area (Å²) in [5.74, 6) is 0. The van der Waals surface area contributed by atoms with Gasteiger partial charge in [-0.2, -0.15) is 0 Å². The zero-order valence-electron chi connectivity index (χ0n) is 10.5. The van der Waals surface area contributed by atoms with E-state index in [0.29, 0.717) is 0 Å². The van der Waals surface area contributed by atoms with Crippen molar-refractivity contribution in [3.63, 3.8) is 0 Å². The van der Waals surface area contributed by atoms with Crippen molar-refractivity contribution in [2.75, 3.05) is 6.54 Å². The first-order chi connectivity index (χ1) is 9.29. The minimum Gasteiger partial charge on any atom is -0.306 e. The van der Waals surface area contributed by atoms with Gasteiger partial charge in [-0.1, -0.05) is 25.1 Å². The van der Waals surface area contributed by atoms with E-state index in [4.69, 9.17) is 0 Å².